The topological polar surface area (TPSA) is 160 Å². The van der Waals surface area contributed by atoms with Gasteiger partial charge in [-0.05, 0) is 54.2 Å². The lowest BCUT2D eigenvalue weighted by molar-refractivity contribution is 0.0633. The van der Waals surface area contributed by atoms with Crippen LogP contribution >= 0.6 is 31.9 Å². The fourth-order valence-electron chi connectivity index (χ4n) is 4.66. The first-order valence-electron chi connectivity index (χ1n) is 11.8. The monoisotopic (exact) mass is 677 g/mol. The molecule has 0 unspecified atom stereocenters. The first-order valence-corrected chi connectivity index (χ1v) is 13.3. The van der Waals surface area contributed by atoms with Crippen molar-refractivity contribution in [3.63, 3.8) is 0 Å². The number of carbonyl (C=O) groups excluding carboxylic acids is 1. The van der Waals surface area contributed by atoms with E-state index in [-0.39, 0.29) is 12.1 Å². The highest BCUT2D eigenvalue weighted by Crippen LogP contribution is 2.40. The van der Waals surface area contributed by atoms with Crippen LogP contribution in [0.2, 0.25) is 0 Å². The number of aryl methyl sites for hydroxylation is 1. The number of nitrogens with zero attached hydrogens (tertiary/aromatic N) is 1. The minimum absolute atomic E-state index is 0.0882. The number of carboxylic acid groups (broad SMARTS) is 3. The smallest absolute Gasteiger partial charge is 0.449 e. The largest absolute Gasteiger partial charge is 0.511 e. The number of benzene rings is 3. The third-order valence-electron chi connectivity index (χ3n) is 6.12. The minimum atomic E-state index is -1.82. The molecule has 0 bridgehead atoms. The molecule has 0 aliphatic heterocycles. The standard InChI is InChI=1S/C27H21Br2NO10/c28-16-8-14(9-17(29)10-16)13-30(20-7-3-5-15-4-1-2-6-18(15)20)24(31)19-11-22(39-26(34)35)23(40-27(36)37)12-21(19)38-25(32)33/h1-2,4,6,8-12,20H,3,5,7,13H2,(H,32,33)(H,34,35)(H,36,37)/t20-/m0/s1. The van der Waals surface area contributed by atoms with Gasteiger partial charge in [-0.15, -0.1) is 0 Å². The number of halogens is 2. The molecule has 0 heterocycles. The molecule has 0 saturated carbocycles. The minimum Gasteiger partial charge on any atom is -0.449 e. The Morgan fingerprint density at radius 3 is 2.00 bits per heavy atom. The summed E-state index contributed by atoms with van der Waals surface area (Å²) >= 11 is 6.91. The molecule has 3 aromatic rings. The predicted octanol–water partition coefficient (Wildman–Crippen LogP) is 7.10. The van der Waals surface area contributed by atoms with Crippen LogP contribution in [0, 0.1) is 0 Å². The van der Waals surface area contributed by atoms with Crippen molar-refractivity contribution in [1.29, 1.82) is 0 Å². The number of ether oxygens (including phenoxy) is 3. The number of rotatable bonds is 7. The summed E-state index contributed by atoms with van der Waals surface area (Å²) in [6.07, 6.45) is -3.21. The van der Waals surface area contributed by atoms with E-state index in [9.17, 15) is 29.4 Å². The Hall–Kier alpha value is -4.10. The van der Waals surface area contributed by atoms with Crippen molar-refractivity contribution in [2.75, 3.05) is 0 Å². The third-order valence-corrected chi connectivity index (χ3v) is 7.03. The second kappa shape index (κ2) is 12.4. The van der Waals surface area contributed by atoms with Crippen LogP contribution in [0.3, 0.4) is 0 Å². The van der Waals surface area contributed by atoms with Gasteiger partial charge in [-0.3, -0.25) is 4.79 Å². The predicted molar refractivity (Wildman–Crippen MR) is 146 cm³/mol. The average Bonchev–Trinajstić information content (AvgIpc) is 2.86. The molecule has 11 nitrogen and oxygen atoms in total. The molecule has 0 fully saturated rings. The average molecular weight is 679 g/mol. The lowest BCUT2D eigenvalue weighted by Gasteiger charge is -2.36. The summed E-state index contributed by atoms with van der Waals surface area (Å²) in [5.74, 6) is -2.57. The molecule has 0 radical (unpaired) electrons. The maximum Gasteiger partial charge on any atom is 0.511 e. The Bertz CT molecular complexity index is 1470. The highest BCUT2D eigenvalue weighted by Gasteiger charge is 2.33. The summed E-state index contributed by atoms with van der Waals surface area (Å²) in [7, 11) is 0. The molecular formula is C27H21Br2NO10. The van der Waals surface area contributed by atoms with E-state index in [1.807, 2.05) is 42.5 Å². The van der Waals surface area contributed by atoms with Gasteiger partial charge >= 0.3 is 18.5 Å². The maximum atomic E-state index is 14.3. The second-order valence-electron chi connectivity index (χ2n) is 8.72. The molecule has 13 heteroatoms. The van der Waals surface area contributed by atoms with Gasteiger partial charge in [-0.2, -0.15) is 0 Å². The molecule has 0 spiro atoms. The van der Waals surface area contributed by atoms with Crippen molar-refractivity contribution in [3.05, 3.63) is 85.8 Å². The van der Waals surface area contributed by atoms with Gasteiger partial charge < -0.3 is 34.4 Å². The normalized spacial score (nSPS) is 14.0. The van der Waals surface area contributed by atoms with Gasteiger partial charge in [0.15, 0.2) is 17.2 Å². The van der Waals surface area contributed by atoms with Crippen molar-refractivity contribution in [2.24, 2.45) is 0 Å². The van der Waals surface area contributed by atoms with Crippen molar-refractivity contribution >= 4 is 56.2 Å². The molecular weight excluding hydrogens is 658 g/mol. The molecule has 208 valence electrons. The van der Waals surface area contributed by atoms with Crippen molar-refractivity contribution in [3.8, 4) is 17.2 Å². The Morgan fingerprint density at radius 1 is 0.800 bits per heavy atom. The second-order valence-corrected chi connectivity index (χ2v) is 10.5. The SMILES string of the molecule is O=C(O)Oc1cc(OC(=O)O)c(C(=O)N(Cc2cc(Br)cc(Br)c2)[C@H]2CCCc3ccccc32)cc1OC(=O)O. The van der Waals surface area contributed by atoms with Gasteiger partial charge in [-0.25, -0.2) is 14.4 Å². The number of hydrogen-bond donors (Lipinski definition) is 3. The van der Waals surface area contributed by atoms with E-state index < -0.39 is 47.7 Å². The highest BCUT2D eigenvalue weighted by atomic mass is 79.9. The molecule has 40 heavy (non-hydrogen) atoms. The van der Waals surface area contributed by atoms with E-state index in [1.54, 1.807) is 4.90 Å². The van der Waals surface area contributed by atoms with E-state index in [4.69, 9.17) is 9.84 Å². The van der Waals surface area contributed by atoms with E-state index >= 15 is 0 Å². The molecule has 0 aromatic heterocycles. The number of carbonyl (C=O) groups is 4. The molecule has 1 aliphatic rings. The van der Waals surface area contributed by atoms with Crippen molar-refractivity contribution in [2.45, 2.75) is 31.8 Å². The van der Waals surface area contributed by atoms with Gasteiger partial charge in [0, 0.05) is 27.6 Å². The van der Waals surface area contributed by atoms with Gasteiger partial charge in [-0.1, -0.05) is 56.1 Å². The van der Waals surface area contributed by atoms with Crippen LogP contribution in [0.1, 0.15) is 45.9 Å². The van der Waals surface area contributed by atoms with Gasteiger partial charge in [0.2, 0.25) is 0 Å². The van der Waals surface area contributed by atoms with Crippen molar-refractivity contribution in [1.82, 2.24) is 4.90 Å². The van der Waals surface area contributed by atoms with Gasteiger partial charge in [0.05, 0.1) is 11.6 Å². The van der Waals surface area contributed by atoms with E-state index in [0.29, 0.717) is 6.42 Å². The van der Waals surface area contributed by atoms with Gasteiger partial charge in [0.1, 0.15) is 0 Å². The molecule has 3 aromatic carbocycles. The first-order chi connectivity index (χ1) is 19.0. The number of hydrogen-bond acceptors (Lipinski definition) is 7. The fourth-order valence-corrected chi connectivity index (χ4v) is 6.05. The fraction of sp³-hybridized carbons (Fsp3) is 0.185. The van der Waals surface area contributed by atoms with Crippen LogP contribution in [-0.4, -0.2) is 44.6 Å². The van der Waals surface area contributed by atoms with Crippen LogP contribution in [0.4, 0.5) is 14.4 Å². The summed E-state index contributed by atoms with van der Waals surface area (Å²) in [6, 6.07) is 14.4. The Labute approximate surface area is 244 Å². The summed E-state index contributed by atoms with van der Waals surface area (Å²) in [4.78, 5) is 49.8. The summed E-state index contributed by atoms with van der Waals surface area (Å²) in [5, 5.41) is 27.6. The van der Waals surface area contributed by atoms with E-state index in [2.05, 4.69) is 41.3 Å². The van der Waals surface area contributed by atoms with E-state index in [0.717, 1.165) is 50.6 Å². The molecule has 1 aliphatic carbocycles. The van der Waals surface area contributed by atoms with E-state index in [1.165, 1.54) is 0 Å². The molecule has 1 atom stereocenters. The lowest BCUT2D eigenvalue weighted by Crippen LogP contribution is -2.36. The molecule has 4 rings (SSSR count). The zero-order valence-electron chi connectivity index (χ0n) is 20.5. The molecule has 1 amide bonds. The van der Waals surface area contributed by atoms with Crippen LogP contribution in [0.15, 0.2) is 63.5 Å². The number of fused-ring (bicyclic) bond motifs is 1. The first kappa shape index (κ1) is 28.9. The highest BCUT2D eigenvalue weighted by molar-refractivity contribution is 9.11. The molecule has 3 N–H and O–H groups in total. The zero-order valence-corrected chi connectivity index (χ0v) is 23.7. The quantitative estimate of drug-likeness (QED) is 0.174. The van der Waals surface area contributed by atoms with Gasteiger partial charge in [0.25, 0.3) is 5.91 Å². The van der Waals surface area contributed by atoms with Crippen LogP contribution < -0.4 is 14.2 Å². The van der Waals surface area contributed by atoms with Crippen LogP contribution in [0.5, 0.6) is 17.2 Å². The Morgan fingerprint density at radius 2 is 1.38 bits per heavy atom. The third kappa shape index (κ3) is 6.90. The molecule has 0 saturated heterocycles. The summed E-state index contributed by atoms with van der Waals surface area (Å²) in [5.41, 5.74) is 2.36. The Kier molecular flexibility index (Phi) is 8.95. The van der Waals surface area contributed by atoms with Crippen LogP contribution in [-0.2, 0) is 13.0 Å². The zero-order chi connectivity index (χ0) is 29.0. The Balaban J connectivity index is 1.88. The number of amides is 1. The summed E-state index contributed by atoms with van der Waals surface area (Å²) < 4.78 is 15.6. The van der Waals surface area contributed by atoms with Crippen molar-refractivity contribution < 1.29 is 48.7 Å². The summed E-state index contributed by atoms with van der Waals surface area (Å²) in [6.45, 7) is 0.0882. The maximum absolute atomic E-state index is 14.3. The van der Waals surface area contributed by atoms with Crippen LogP contribution in [0.25, 0.3) is 0 Å². The lowest BCUT2D eigenvalue weighted by atomic mass is 9.86.